The Bertz CT molecular complexity index is 696. The van der Waals surface area contributed by atoms with Gasteiger partial charge in [0.25, 0.3) is 0 Å². The van der Waals surface area contributed by atoms with E-state index in [1.165, 1.54) is 0 Å². The van der Waals surface area contributed by atoms with E-state index in [1.54, 1.807) is 12.4 Å². The smallest absolute Gasteiger partial charge is 0.229 e. The fourth-order valence-corrected chi connectivity index (χ4v) is 3.21. The predicted molar refractivity (Wildman–Crippen MR) is 98.3 cm³/mol. The van der Waals surface area contributed by atoms with Crippen LogP contribution in [-0.2, 0) is 11.2 Å². The van der Waals surface area contributed by atoms with E-state index in [4.69, 9.17) is 16.1 Å². The zero-order valence-corrected chi connectivity index (χ0v) is 15.6. The molecule has 1 amide bonds. The third kappa shape index (κ3) is 4.92. The SMILES string of the molecule is Cc1noc(Cl)c1CCC(=O)NCCN1CCN(c2ncccn2)CC1. The summed E-state index contributed by atoms with van der Waals surface area (Å²) in [5.41, 5.74) is 1.55. The Kier molecular flexibility index (Phi) is 6.40. The van der Waals surface area contributed by atoms with Crippen molar-refractivity contribution in [1.82, 2.24) is 25.3 Å². The van der Waals surface area contributed by atoms with Gasteiger partial charge in [-0.15, -0.1) is 0 Å². The van der Waals surface area contributed by atoms with Crippen molar-refractivity contribution in [1.29, 1.82) is 0 Å². The first-order chi connectivity index (χ1) is 12.6. The number of piperazine rings is 1. The molecule has 1 fully saturated rings. The van der Waals surface area contributed by atoms with Gasteiger partial charge in [-0.25, -0.2) is 9.97 Å². The molecule has 140 valence electrons. The number of nitrogens with one attached hydrogen (secondary N) is 1. The highest BCUT2D eigenvalue weighted by atomic mass is 35.5. The summed E-state index contributed by atoms with van der Waals surface area (Å²) in [7, 11) is 0. The van der Waals surface area contributed by atoms with Crippen LogP contribution in [0.15, 0.2) is 23.0 Å². The topological polar surface area (TPSA) is 87.4 Å². The molecule has 3 rings (SSSR count). The molecule has 0 unspecified atom stereocenters. The molecule has 9 heteroatoms. The monoisotopic (exact) mass is 378 g/mol. The van der Waals surface area contributed by atoms with Crippen molar-refractivity contribution in [3.8, 4) is 0 Å². The molecule has 26 heavy (non-hydrogen) atoms. The van der Waals surface area contributed by atoms with E-state index in [-0.39, 0.29) is 11.1 Å². The van der Waals surface area contributed by atoms with Crippen LogP contribution in [0.4, 0.5) is 5.95 Å². The van der Waals surface area contributed by atoms with Crippen LogP contribution in [0.3, 0.4) is 0 Å². The van der Waals surface area contributed by atoms with Gasteiger partial charge < -0.3 is 14.7 Å². The minimum atomic E-state index is 0.0120. The normalized spacial score (nSPS) is 15.2. The Labute approximate surface area is 157 Å². The number of aromatic nitrogens is 3. The van der Waals surface area contributed by atoms with Crippen molar-refractivity contribution < 1.29 is 9.32 Å². The second-order valence-corrected chi connectivity index (χ2v) is 6.59. The number of carbonyl (C=O) groups is 1. The second kappa shape index (κ2) is 8.95. The van der Waals surface area contributed by atoms with Crippen molar-refractivity contribution in [3.63, 3.8) is 0 Å². The van der Waals surface area contributed by atoms with E-state index in [0.717, 1.165) is 49.9 Å². The van der Waals surface area contributed by atoms with Gasteiger partial charge in [-0.05, 0) is 31.0 Å². The van der Waals surface area contributed by atoms with E-state index < -0.39 is 0 Å². The Hall–Kier alpha value is -2.19. The first kappa shape index (κ1) is 18.6. The van der Waals surface area contributed by atoms with Crippen molar-refractivity contribution in [2.75, 3.05) is 44.2 Å². The first-order valence-electron chi connectivity index (χ1n) is 8.75. The van der Waals surface area contributed by atoms with Crippen LogP contribution in [0.25, 0.3) is 0 Å². The van der Waals surface area contributed by atoms with E-state index in [1.807, 2.05) is 13.0 Å². The maximum Gasteiger partial charge on any atom is 0.229 e. The average molecular weight is 379 g/mol. The van der Waals surface area contributed by atoms with Gasteiger partial charge in [0.15, 0.2) is 0 Å². The summed E-state index contributed by atoms with van der Waals surface area (Å²) in [6, 6.07) is 1.82. The molecule has 0 spiro atoms. The maximum atomic E-state index is 12.0. The molecule has 0 atom stereocenters. The van der Waals surface area contributed by atoms with Gasteiger partial charge in [0.2, 0.25) is 17.1 Å². The molecule has 1 aliphatic rings. The minimum Gasteiger partial charge on any atom is -0.355 e. The number of hydrogen-bond acceptors (Lipinski definition) is 7. The molecular weight excluding hydrogens is 356 g/mol. The van der Waals surface area contributed by atoms with Gasteiger partial charge in [0, 0.05) is 63.6 Å². The van der Waals surface area contributed by atoms with Crippen LogP contribution < -0.4 is 10.2 Å². The first-order valence-corrected chi connectivity index (χ1v) is 9.13. The molecule has 8 nitrogen and oxygen atoms in total. The van der Waals surface area contributed by atoms with E-state index >= 15 is 0 Å². The summed E-state index contributed by atoms with van der Waals surface area (Å²) in [5, 5.41) is 7.02. The lowest BCUT2D eigenvalue weighted by atomic mass is 10.1. The third-order valence-electron chi connectivity index (χ3n) is 4.50. The van der Waals surface area contributed by atoms with Gasteiger partial charge in [0.1, 0.15) is 0 Å². The van der Waals surface area contributed by atoms with Crippen LogP contribution >= 0.6 is 11.6 Å². The lowest BCUT2D eigenvalue weighted by Crippen LogP contribution is -2.49. The van der Waals surface area contributed by atoms with Crippen LogP contribution in [0, 0.1) is 6.92 Å². The maximum absolute atomic E-state index is 12.0. The Morgan fingerprint density at radius 3 is 2.65 bits per heavy atom. The largest absolute Gasteiger partial charge is 0.355 e. The van der Waals surface area contributed by atoms with Gasteiger partial charge >= 0.3 is 0 Å². The number of nitrogens with zero attached hydrogens (tertiary/aromatic N) is 5. The zero-order chi connectivity index (χ0) is 18.4. The summed E-state index contributed by atoms with van der Waals surface area (Å²) in [5.74, 6) is 0.793. The van der Waals surface area contributed by atoms with Crippen LogP contribution in [0.5, 0.6) is 0 Å². The third-order valence-corrected chi connectivity index (χ3v) is 4.79. The minimum absolute atomic E-state index is 0.0120. The van der Waals surface area contributed by atoms with E-state index in [9.17, 15) is 4.79 Å². The molecule has 1 saturated heterocycles. The Morgan fingerprint density at radius 2 is 2.00 bits per heavy atom. The molecule has 2 aromatic heterocycles. The highest BCUT2D eigenvalue weighted by Gasteiger charge is 2.18. The molecule has 0 aliphatic carbocycles. The highest BCUT2D eigenvalue weighted by Crippen LogP contribution is 2.20. The number of halogens is 1. The molecular formula is C17H23ClN6O2. The highest BCUT2D eigenvalue weighted by molar-refractivity contribution is 6.29. The number of anilines is 1. The van der Waals surface area contributed by atoms with E-state index in [0.29, 0.717) is 19.4 Å². The Balaban J connectivity index is 1.32. The fourth-order valence-electron chi connectivity index (χ4n) is 2.95. The molecule has 0 radical (unpaired) electrons. The molecule has 0 bridgehead atoms. The van der Waals surface area contributed by atoms with Crippen molar-refractivity contribution in [2.45, 2.75) is 19.8 Å². The second-order valence-electron chi connectivity index (χ2n) is 6.25. The summed E-state index contributed by atoms with van der Waals surface area (Å²) in [6.07, 6.45) is 4.44. The number of aryl methyl sites for hydroxylation is 1. The molecule has 1 N–H and O–H groups in total. The lowest BCUT2D eigenvalue weighted by Gasteiger charge is -2.34. The van der Waals surface area contributed by atoms with Gasteiger partial charge in [-0.1, -0.05) is 5.16 Å². The van der Waals surface area contributed by atoms with Crippen LogP contribution in [0.2, 0.25) is 5.22 Å². The predicted octanol–water partition coefficient (Wildman–Crippen LogP) is 1.30. The molecule has 0 aromatic carbocycles. The summed E-state index contributed by atoms with van der Waals surface area (Å²) in [6.45, 7) is 6.95. The molecule has 3 heterocycles. The van der Waals surface area contributed by atoms with Gasteiger partial charge in [-0.2, -0.15) is 0 Å². The summed E-state index contributed by atoms with van der Waals surface area (Å²) >= 11 is 5.91. The lowest BCUT2D eigenvalue weighted by molar-refractivity contribution is -0.121. The summed E-state index contributed by atoms with van der Waals surface area (Å²) in [4.78, 5) is 25.1. The van der Waals surface area contributed by atoms with Crippen LogP contribution in [-0.4, -0.2) is 65.2 Å². The number of amides is 1. The number of hydrogen-bond donors (Lipinski definition) is 1. The van der Waals surface area contributed by atoms with Crippen molar-refractivity contribution in [3.05, 3.63) is 34.9 Å². The quantitative estimate of drug-likeness (QED) is 0.776. The molecule has 0 saturated carbocycles. The zero-order valence-electron chi connectivity index (χ0n) is 14.8. The average Bonchev–Trinajstić information content (AvgIpc) is 2.99. The van der Waals surface area contributed by atoms with Crippen LogP contribution in [0.1, 0.15) is 17.7 Å². The summed E-state index contributed by atoms with van der Waals surface area (Å²) < 4.78 is 4.89. The van der Waals surface area contributed by atoms with Gasteiger partial charge in [-0.3, -0.25) is 9.69 Å². The fraction of sp³-hybridized carbons (Fsp3) is 0.529. The Morgan fingerprint density at radius 1 is 1.27 bits per heavy atom. The van der Waals surface area contributed by atoms with E-state index in [2.05, 4.69) is 30.2 Å². The number of rotatable bonds is 7. The molecule has 2 aromatic rings. The molecule has 1 aliphatic heterocycles. The van der Waals surface area contributed by atoms with Crippen molar-refractivity contribution in [2.24, 2.45) is 0 Å². The number of carbonyl (C=O) groups excluding carboxylic acids is 1. The van der Waals surface area contributed by atoms with Gasteiger partial charge in [0.05, 0.1) is 5.69 Å². The van der Waals surface area contributed by atoms with Crippen molar-refractivity contribution >= 4 is 23.5 Å². The standard InChI is InChI=1S/C17H23ClN6O2/c1-13-14(16(18)26-22-13)3-4-15(25)19-7-8-23-9-11-24(12-10-23)17-20-5-2-6-21-17/h2,5-6H,3-4,7-12H2,1H3,(H,19,25).